The molecule has 0 aromatic heterocycles. The third-order valence-corrected chi connectivity index (χ3v) is 4.51. The van der Waals surface area contributed by atoms with E-state index in [9.17, 15) is 0 Å². The Labute approximate surface area is 121 Å². The zero-order valence-corrected chi connectivity index (χ0v) is 12.2. The molecule has 0 atom stereocenters. The molecule has 2 aliphatic rings. The Morgan fingerprint density at radius 1 is 1.16 bits per heavy atom. The molecule has 104 valence electrons. The van der Waals surface area contributed by atoms with Crippen molar-refractivity contribution < 1.29 is 0 Å². The van der Waals surface area contributed by atoms with E-state index in [0.29, 0.717) is 0 Å². The summed E-state index contributed by atoms with van der Waals surface area (Å²) in [5.41, 5.74) is 1.34. The minimum absolute atomic E-state index is 0.848. The summed E-state index contributed by atoms with van der Waals surface area (Å²) in [6.45, 7) is 4.73. The summed E-state index contributed by atoms with van der Waals surface area (Å²) in [6, 6.07) is 9.10. The van der Waals surface area contributed by atoms with E-state index in [2.05, 4.69) is 22.3 Å². The first-order valence-electron chi connectivity index (χ1n) is 7.50. The van der Waals surface area contributed by atoms with Crippen LogP contribution in [0.4, 0.5) is 0 Å². The lowest BCUT2D eigenvalue weighted by Gasteiger charge is -2.32. The molecule has 1 saturated carbocycles. The third kappa shape index (κ3) is 4.20. The highest BCUT2D eigenvalue weighted by molar-refractivity contribution is 6.30. The molecule has 1 aliphatic carbocycles. The van der Waals surface area contributed by atoms with Crippen LogP contribution in [0.2, 0.25) is 5.02 Å². The van der Waals surface area contributed by atoms with Gasteiger partial charge in [0.05, 0.1) is 0 Å². The van der Waals surface area contributed by atoms with E-state index >= 15 is 0 Å². The van der Waals surface area contributed by atoms with E-state index in [-0.39, 0.29) is 0 Å². The zero-order valence-electron chi connectivity index (χ0n) is 11.4. The Morgan fingerprint density at radius 2 is 1.95 bits per heavy atom. The average molecular weight is 279 g/mol. The van der Waals surface area contributed by atoms with Gasteiger partial charge in [-0.1, -0.05) is 23.7 Å². The van der Waals surface area contributed by atoms with Gasteiger partial charge in [0.25, 0.3) is 0 Å². The van der Waals surface area contributed by atoms with E-state index in [1.54, 1.807) is 0 Å². The molecule has 0 radical (unpaired) electrons. The Balaban J connectivity index is 1.42. The van der Waals surface area contributed by atoms with Gasteiger partial charge < -0.3 is 5.32 Å². The molecule has 1 N–H and O–H groups in total. The Bertz CT molecular complexity index is 409. The van der Waals surface area contributed by atoms with Gasteiger partial charge in [0.1, 0.15) is 0 Å². The predicted molar refractivity (Wildman–Crippen MR) is 80.5 cm³/mol. The van der Waals surface area contributed by atoms with Gasteiger partial charge in [-0.3, -0.25) is 4.90 Å². The molecule has 3 rings (SSSR count). The van der Waals surface area contributed by atoms with Crippen LogP contribution in [0, 0.1) is 5.92 Å². The fourth-order valence-electron chi connectivity index (χ4n) is 2.86. The number of benzene rings is 1. The molecular weight excluding hydrogens is 256 g/mol. The number of piperidine rings is 1. The Morgan fingerprint density at radius 3 is 2.63 bits per heavy atom. The van der Waals surface area contributed by atoms with Crippen molar-refractivity contribution >= 4 is 11.6 Å². The van der Waals surface area contributed by atoms with Crippen LogP contribution < -0.4 is 5.32 Å². The molecule has 0 amide bonds. The lowest BCUT2D eigenvalue weighted by molar-refractivity contribution is 0.175. The van der Waals surface area contributed by atoms with Gasteiger partial charge in [0.15, 0.2) is 0 Å². The average Bonchev–Trinajstić information content (AvgIpc) is 3.22. The molecule has 3 heteroatoms. The first-order valence-corrected chi connectivity index (χ1v) is 7.87. The highest BCUT2D eigenvalue weighted by Gasteiger charge is 2.24. The maximum absolute atomic E-state index is 6.04. The molecule has 19 heavy (non-hydrogen) atoms. The molecule has 0 bridgehead atoms. The van der Waals surface area contributed by atoms with Crippen molar-refractivity contribution in [1.82, 2.24) is 10.2 Å². The van der Waals surface area contributed by atoms with Crippen LogP contribution >= 0.6 is 11.6 Å². The van der Waals surface area contributed by atoms with Crippen LogP contribution in [0.1, 0.15) is 31.2 Å². The summed E-state index contributed by atoms with van der Waals surface area (Å²) in [5.74, 6) is 0.885. The minimum atomic E-state index is 0.848. The van der Waals surface area contributed by atoms with Gasteiger partial charge in [0, 0.05) is 17.6 Å². The van der Waals surface area contributed by atoms with E-state index in [1.165, 1.54) is 50.9 Å². The topological polar surface area (TPSA) is 15.3 Å². The summed E-state index contributed by atoms with van der Waals surface area (Å²) in [4.78, 5) is 2.55. The molecule has 0 unspecified atom stereocenters. The summed E-state index contributed by atoms with van der Waals surface area (Å²) in [6.07, 6.45) is 5.46. The van der Waals surface area contributed by atoms with Gasteiger partial charge in [-0.05, 0) is 68.9 Å². The van der Waals surface area contributed by atoms with Crippen molar-refractivity contribution in [1.29, 1.82) is 0 Å². The smallest absolute Gasteiger partial charge is 0.0409 e. The molecule has 1 heterocycles. The monoisotopic (exact) mass is 278 g/mol. The van der Waals surface area contributed by atoms with Gasteiger partial charge >= 0.3 is 0 Å². The number of halogens is 1. The summed E-state index contributed by atoms with van der Waals surface area (Å²) < 4.78 is 0. The van der Waals surface area contributed by atoms with Gasteiger partial charge in [-0.25, -0.2) is 0 Å². The maximum atomic E-state index is 6.04. The number of hydrogen-bond acceptors (Lipinski definition) is 2. The Kier molecular flexibility index (Phi) is 4.42. The normalized spacial score (nSPS) is 21.7. The molecule has 2 nitrogen and oxygen atoms in total. The van der Waals surface area contributed by atoms with Crippen molar-refractivity contribution in [3.05, 3.63) is 34.9 Å². The number of likely N-dealkylation sites (tertiary alicyclic amines) is 1. The van der Waals surface area contributed by atoms with Crippen molar-refractivity contribution in [3.8, 4) is 0 Å². The largest absolute Gasteiger partial charge is 0.314 e. The number of nitrogens with one attached hydrogen (secondary N) is 1. The molecule has 1 aliphatic heterocycles. The van der Waals surface area contributed by atoms with Crippen LogP contribution in [0.3, 0.4) is 0 Å². The summed E-state index contributed by atoms with van der Waals surface area (Å²) >= 11 is 6.04. The second-order valence-electron chi connectivity index (χ2n) is 6.03. The SMILES string of the molecule is Clc1cccc(CN2CCC(CNC3CC3)CC2)c1. The minimum Gasteiger partial charge on any atom is -0.314 e. The van der Waals surface area contributed by atoms with Crippen LogP contribution in [0.15, 0.2) is 24.3 Å². The third-order valence-electron chi connectivity index (χ3n) is 4.27. The molecule has 0 spiro atoms. The van der Waals surface area contributed by atoms with Crippen molar-refractivity contribution in [2.45, 2.75) is 38.3 Å². The zero-order chi connectivity index (χ0) is 13.1. The molecular formula is C16H23ClN2. The Hall–Kier alpha value is -0.570. The van der Waals surface area contributed by atoms with Crippen LogP contribution in [0.25, 0.3) is 0 Å². The highest BCUT2D eigenvalue weighted by Crippen LogP contribution is 2.22. The van der Waals surface area contributed by atoms with Crippen LogP contribution in [0.5, 0.6) is 0 Å². The van der Waals surface area contributed by atoms with Crippen LogP contribution in [-0.4, -0.2) is 30.6 Å². The van der Waals surface area contributed by atoms with Gasteiger partial charge in [0.2, 0.25) is 0 Å². The van der Waals surface area contributed by atoms with Gasteiger partial charge in [-0.2, -0.15) is 0 Å². The van der Waals surface area contributed by atoms with E-state index in [4.69, 9.17) is 11.6 Å². The van der Waals surface area contributed by atoms with Crippen molar-refractivity contribution in [2.24, 2.45) is 5.92 Å². The molecule has 1 aromatic rings. The second kappa shape index (κ2) is 6.25. The fourth-order valence-corrected chi connectivity index (χ4v) is 3.08. The first kappa shape index (κ1) is 13.4. The second-order valence-corrected chi connectivity index (χ2v) is 6.47. The quantitative estimate of drug-likeness (QED) is 0.889. The summed E-state index contributed by atoms with van der Waals surface area (Å²) in [7, 11) is 0. The molecule has 2 fully saturated rings. The van der Waals surface area contributed by atoms with Crippen molar-refractivity contribution in [2.75, 3.05) is 19.6 Å². The van der Waals surface area contributed by atoms with Gasteiger partial charge in [-0.15, -0.1) is 0 Å². The standard InChI is InChI=1S/C16H23ClN2/c17-15-3-1-2-14(10-15)12-19-8-6-13(7-9-19)11-18-16-4-5-16/h1-3,10,13,16,18H,4-9,11-12H2. The lowest BCUT2D eigenvalue weighted by atomic mass is 9.96. The fraction of sp³-hybridized carbons (Fsp3) is 0.625. The van der Waals surface area contributed by atoms with E-state index in [1.807, 2.05) is 12.1 Å². The predicted octanol–water partition coefficient (Wildman–Crippen LogP) is 3.30. The van der Waals surface area contributed by atoms with E-state index < -0.39 is 0 Å². The number of nitrogens with zero attached hydrogens (tertiary/aromatic N) is 1. The number of rotatable bonds is 5. The first-order chi connectivity index (χ1) is 9.29. The van der Waals surface area contributed by atoms with Crippen LogP contribution in [-0.2, 0) is 6.54 Å². The maximum Gasteiger partial charge on any atom is 0.0409 e. The summed E-state index contributed by atoms with van der Waals surface area (Å²) in [5, 5.41) is 4.51. The lowest BCUT2D eigenvalue weighted by Crippen LogP contribution is -2.37. The highest BCUT2D eigenvalue weighted by atomic mass is 35.5. The number of hydrogen-bond donors (Lipinski definition) is 1. The molecule has 1 aromatic carbocycles. The van der Waals surface area contributed by atoms with Crippen molar-refractivity contribution in [3.63, 3.8) is 0 Å². The van der Waals surface area contributed by atoms with E-state index in [0.717, 1.165) is 23.5 Å². The molecule has 1 saturated heterocycles.